The fourth-order valence-corrected chi connectivity index (χ4v) is 2.50. The molecule has 2 rings (SSSR count). The summed E-state index contributed by atoms with van der Waals surface area (Å²) in [7, 11) is 0. The second-order valence-corrected chi connectivity index (χ2v) is 5.95. The van der Waals surface area contributed by atoms with E-state index in [1.807, 2.05) is 0 Å². The van der Waals surface area contributed by atoms with Crippen LogP contribution in [0.5, 0.6) is 0 Å². The van der Waals surface area contributed by atoms with Crippen molar-refractivity contribution in [2.24, 2.45) is 5.92 Å². The van der Waals surface area contributed by atoms with E-state index in [0.717, 1.165) is 12.8 Å². The van der Waals surface area contributed by atoms with Crippen LogP contribution in [0, 0.1) is 5.92 Å². The average molecular weight is 310 g/mol. The van der Waals surface area contributed by atoms with Gasteiger partial charge in [0.15, 0.2) is 5.78 Å². The van der Waals surface area contributed by atoms with Crippen LogP contribution in [0.3, 0.4) is 0 Å². The first-order valence-corrected chi connectivity index (χ1v) is 7.61. The van der Waals surface area contributed by atoms with E-state index in [9.17, 15) is 9.59 Å². The molecule has 0 saturated heterocycles. The Kier molecular flexibility index (Phi) is 5.37. The van der Waals surface area contributed by atoms with E-state index in [1.54, 1.807) is 36.1 Å². The number of aliphatic hydroxyl groups excluding tert-OH is 1. The van der Waals surface area contributed by atoms with Crippen LogP contribution < -0.4 is 0 Å². The smallest absolute Gasteiger partial charge is 0.223 e. The molecule has 1 saturated carbocycles. The topological polar surface area (TPSA) is 57.6 Å². The van der Waals surface area contributed by atoms with Crippen molar-refractivity contribution in [2.45, 2.75) is 32.2 Å². The van der Waals surface area contributed by atoms with Gasteiger partial charge in [-0.2, -0.15) is 0 Å². The molecule has 1 aliphatic rings. The molecular weight excluding hydrogens is 290 g/mol. The van der Waals surface area contributed by atoms with Crippen molar-refractivity contribution in [3.8, 4) is 0 Å². The second kappa shape index (κ2) is 7.05. The molecule has 21 heavy (non-hydrogen) atoms. The predicted molar refractivity (Wildman–Crippen MR) is 81.4 cm³/mol. The van der Waals surface area contributed by atoms with Crippen LogP contribution in [0.1, 0.15) is 36.5 Å². The standard InChI is InChI=1S/C16H20ClNO3/c1-11(16(21)12-2-4-13(17)5-3-12)10-15(20)18(8-9-19)14-6-7-14/h2-5,11,14,19H,6-10H2,1H3. The quantitative estimate of drug-likeness (QED) is 0.787. The van der Waals surface area contributed by atoms with Crippen LogP contribution in [-0.4, -0.2) is 40.9 Å². The number of hydrogen-bond acceptors (Lipinski definition) is 3. The second-order valence-electron chi connectivity index (χ2n) is 5.52. The molecule has 0 heterocycles. The highest BCUT2D eigenvalue weighted by Crippen LogP contribution is 2.28. The van der Waals surface area contributed by atoms with E-state index in [1.165, 1.54) is 0 Å². The average Bonchev–Trinajstić information content (AvgIpc) is 3.29. The molecular formula is C16H20ClNO3. The van der Waals surface area contributed by atoms with Crippen molar-refractivity contribution in [3.63, 3.8) is 0 Å². The summed E-state index contributed by atoms with van der Waals surface area (Å²) in [5, 5.41) is 9.62. The van der Waals surface area contributed by atoms with Gasteiger partial charge in [0.2, 0.25) is 5.91 Å². The highest BCUT2D eigenvalue weighted by atomic mass is 35.5. The van der Waals surface area contributed by atoms with Crippen LogP contribution in [0.15, 0.2) is 24.3 Å². The van der Waals surface area contributed by atoms with Crippen LogP contribution in [-0.2, 0) is 4.79 Å². The molecule has 0 spiro atoms. The molecule has 1 unspecified atom stereocenters. The van der Waals surface area contributed by atoms with Crippen molar-refractivity contribution in [3.05, 3.63) is 34.9 Å². The van der Waals surface area contributed by atoms with E-state index in [0.29, 0.717) is 17.1 Å². The Morgan fingerprint density at radius 2 is 1.95 bits per heavy atom. The molecule has 114 valence electrons. The summed E-state index contributed by atoms with van der Waals surface area (Å²) >= 11 is 5.80. The molecule has 1 N–H and O–H groups in total. The summed E-state index contributed by atoms with van der Waals surface area (Å²) in [6.07, 6.45) is 2.16. The monoisotopic (exact) mass is 309 g/mol. The number of ketones is 1. The molecule has 1 fully saturated rings. The van der Waals surface area contributed by atoms with Crippen molar-refractivity contribution in [1.29, 1.82) is 0 Å². The number of rotatable bonds is 7. The number of hydrogen-bond donors (Lipinski definition) is 1. The van der Waals surface area contributed by atoms with Crippen LogP contribution in [0.25, 0.3) is 0 Å². The Morgan fingerprint density at radius 1 is 1.33 bits per heavy atom. The molecule has 0 radical (unpaired) electrons. The highest BCUT2D eigenvalue weighted by molar-refractivity contribution is 6.30. The lowest BCUT2D eigenvalue weighted by molar-refractivity contribution is -0.132. The summed E-state index contributed by atoms with van der Waals surface area (Å²) in [6.45, 7) is 2.08. The van der Waals surface area contributed by atoms with Crippen LogP contribution in [0.2, 0.25) is 5.02 Å². The van der Waals surface area contributed by atoms with Gasteiger partial charge in [-0.25, -0.2) is 0 Å². The predicted octanol–water partition coefficient (Wildman–Crippen LogP) is 2.53. The zero-order valence-corrected chi connectivity index (χ0v) is 12.8. The number of carbonyl (C=O) groups excluding carboxylic acids is 2. The lowest BCUT2D eigenvalue weighted by Gasteiger charge is -2.23. The van der Waals surface area contributed by atoms with Gasteiger partial charge in [0.1, 0.15) is 0 Å². The molecule has 1 aliphatic carbocycles. The van der Waals surface area contributed by atoms with E-state index in [4.69, 9.17) is 16.7 Å². The zero-order valence-electron chi connectivity index (χ0n) is 12.1. The third-order valence-electron chi connectivity index (χ3n) is 3.71. The minimum Gasteiger partial charge on any atom is -0.395 e. The van der Waals surface area contributed by atoms with Gasteiger partial charge >= 0.3 is 0 Å². The number of amides is 1. The summed E-state index contributed by atoms with van der Waals surface area (Å²) < 4.78 is 0. The van der Waals surface area contributed by atoms with Crippen molar-refractivity contribution >= 4 is 23.3 Å². The Balaban J connectivity index is 1.96. The van der Waals surface area contributed by atoms with Gasteiger partial charge in [0, 0.05) is 35.5 Å². The Hall–Kier alpha value is -1.39. The summed E-state index contributed by atoms with van der Waals surface area (Å²) in [6, 6.07) is 6.95. The van der Waals surface area contributed by atoms with Gasteiger partial charge in [0.05, 0.1) is 6.61 Å². The molecule has 1 atom stereocenters. The molecule has 1 amide bonds. The first kappa shape index (κ1) is 16.0. The molecule has 5 heteroatoms. The molecule has 4 nitrogen and oxygen atoms in total. The number of nitrogens with zero attached hydrogens (tertiary/aromatic N) is 1. The largest absolute Gasteiger partial charge is 0.395 e. The fraction of sp³-hybridized carbons (Fsp3) is 0.500. The maximum atomic E-state index is 12.3. The van der Waals surface area contributed by atoms with Crippen LogP contribution in [0.4, 0.5) is 0 Å². The fourth-order valence-electron chi connectivity index (χ4n) is 2.38. The number of aliphatic hydroxyl groups is 1. The van der Waals surface area contributed by atoms with E-state index in [-0.39, 0.29) is 36.7 Å². The molecule has 1 aromatic rings. The molecule has 0 aromatic heterocycles. The first-order chi connectivity index (χ1) is 10.0. The minimum absolute atomic E-state index is 0.0399. The number of Topliss-reactive ketones (excluding diaryl/α,β-unsaturated/α-hetero) is 1. The summed E-state index contributed by atoms with van der Waals surface area (Å²) in [5.74, 6) is -0.486. The third-order valence-corrected chi connectivity index (χ3v) is 3.96. The van der Waals surface area contributed by atoms with E-state index >= 15 is 0 Å². The lowest BCUT2D eigenvalue weighted by Crippen LogP contribution is -2.37. The zero-order chi connectivity index (χ0) is 15.4. The molecule has 0 aliphatic heterocycles. The molecule has 1 aromatic carbocycles. The van der Waals surface area contributed by atoms with E-state index in [2.05, 4.69) is 0 Å². The Bertz CT molecular complexity index is 511. The number of halogens is 1. The van der Waals surface area contributed by atoms with Gasteiger partial charge in [-0.15, -0.1) is 0 Å². The SMILES string of the molecule is CC(CC(=O)N(CCO)C1CC1)C(=O)c1ccc(Cl)cc1. The Morgan fingerprint density at radius 3 is 2.48 bits per heavy atom. The summed E-state index contributed by atoms with van der Waals surface area (Å²) in [4.78, 5) is 26.3. The third kappa shape index (κ3) is 4.29. The summed E-state index contributed by atoms with van der Waals surface area (Å²) in [5.41, 5.74) is 0.569. The van der Waals surface area contributed by atoms with Crippen molar-refractivity contribution in [2.75, 3.05) is 13.2 Å². The highest BCUT2D eigenvalue weighted by Gasteiger charge is 2.33. The number of benzene rings is 1. The first-order valence-electron chi connectivity index (χ1n) is 7.23. The normalized spacial score (nSPS) is 15.6. The van der Waals surface area contributed by atoms with Gasteiger partial charge in [-0.1, -0.05) is 18.5 Å². The maximum Gasteiger partial charge on any atom is 0.223 e. The van der Waals surface area contributed by atoms with Crippen LogP contribution >= 0.6 is 11.6 Å². The van der Waals surface area contributed by atoms with Gasteiger partial charge < -0.3 is 10.0 Å². The van der Waals surface area contributed by atoms with Gasteiger partial charge in [0.25, 0.3) is 0 Å². The Labute approximate surface area is 129 Å². The lowest BCUT2D eigenvalue weighted by atomic mass is 9.96. The van der Waals surface area contributed by atoms with E-state index < -0.39 is 0 Å². The molecule has 0 bridgehead atoms. The van der Waals surface area contributed by atoms with Gasteiger partial charge in [-0.3, -0.25) is 9.59 Å². The van der Waals surface area contributed by atoms with Crippen molar-refractivity contribution < 1.29 is 14.7 Å². The van der Waals surface area contributed by atoms with Gasteiger partial charge in [-0.05, 0) is 37.1 Å². The maximum absolute atomic E-state index is 12.3. The van der Waals surface area contributed by atoms with Crippen molar-refractivity contribution in [1.82, 2.24) is 4.90 Å². The minimum atomic E-state index is -0.376. The number of carbonyl (C=O) groups is 2.